The minimum atomic E-state index is -4.01. The molecule has 2 N–H and O–H groups in total. The molecule has 4 rings (SSSR count). The molecule has 0 fully saturated rings. The second kappa shape index (κ2) is 11.8. The van der Waals surface area contributed by atoms with E-state index in [1.807, 2.05) is 25.1 Å². The number of nitrogens with zero attached hydrogens (tertiary/aromatic N) is 2. The summed E-state index contributed by atoms with van der Waals surface area (Å²) in [6.07, 6.45) is 0. The summed E-state index contributed by atoms with van der Waals surface area (Å²) >= 11 is 0. The van der Waals surface area contributed by atoms with E-state index < -0.39 is 22.5 Å². The van der Waals surface area contributed by atoms with Crippen LogP contribution in [0.5, 0.6) is 5.75 Å². The van der Waals surface area contributed by atoms with Gasteiger partial charge in [-0.25, -0.2) is 13.4 Å². The molecule has 38 heavy (non-hydrogen) atoms. The van der Waals surface area contributed by atoms with Crippen LogP contribution in [0.15, 0.2) is 94.6 Å². The van der Waals surface area contributed by atoms with Crippen molar-refractivity contribution in [2.75, 3.05) is 18.5 Å². The summed E-state index contributed by atoms with van der Waals surface area (Å²) in [5.74, 6) is 0.413. The molecular weight excluding hydrogens is 504 g/mol. The lowest BCUT2D eigenvalue weighted by molar-refractivity contribution is -0.116. The van der Waals surface area contributed by atoms with Crippen LogP contribution in [0.3, 0.4) is 0 Å². The van der Waals surface area contributed by atoms with Gasteiger partial charge in [-0.2, -0.15) is 4.31 Å². The van der Waals surface area contributed by atoms with Crippen LogP contribution in [0.25, 0.3) is 11.4 Å². The summed E-state index contributed by atoms with van der Waals surface area (Å²) in [6, 6.07) is 23.4. The van der Waals surface area contributed by atoms with E-state index in [9.17, 15) is 18.0 Å². The standard InChI is InChI=1S/C28H28N4O5S/c1-3-37-24-12-14-25(15-13-24)38(35,36)32(18-21-8-5-4-6-9-21)19-27(34)30-23-11-7-10-22(17-23)28-29-20(2)16-26(33)31-28/h4-17H,3,18-19H2,1-2H3,(H,30,34)(H,29,31,33). The van der Waals surface area contributed by atoms with E-state index in [2.05, 4.69) is 15.3 Å². The number of sulfonamides is 1. The third kappa shape index (κ3) is 6.72. The smallest absolute Gasteiger partial charge is 0.251 e. The zero-order valence-electron chi connectivity index (χ0n) is 21.0. The molecule has 0 unspecified atom stereocenters. The van der Waals surface area contributed by atoms with Gasteiger partial charge in [0.15, 0.2) is 0 Å². The van der Waals surface area contributed by atoms with E-state index in [-0.39, 0.29) is 17.0 Å². The van der Waals surface area contributed by atoms with Gasteiger partial charge in [-0.3, -0.25) is 9.59 Å². The van der Waals surface area contributed by atoms with Gasteiger partial charge in [0.1, 0.15) is 11.6 Å². The van der Waals surface area contributed by atoms with Crippen LogP contribution >= 0.6 is 0 Å². The summed E-state index contributed by atoms with van der Waals surface area (Å²) in [5.41, 5.74) is 2.07. The second-order valence-electron chi connectivity index (χ2n) is 8.53. The van der Waals surface area contributed by atoms with Crippen molar-refractivity contribution in [3.63, 3.8) is 0 Å². The number of hydrogen-bond acceptors (Lipinski definition) is 6. The van der Waals surface area contributed by atoms with Crippen LogP contribution in [-0.2, 0) is 21.4 Å². The molecular formula is C28H28N4O5S. The van der Waals surface area contributed by atoms with E-state index in [0.29, 0.717) is 35.1 Å². The zero-order chi connectivity index (χ0) is 27.1. The van der Waals surface area contributed by atoms with Crippen LogP contribution in [-0.4, -0.2) is 41.7 Å². The molecule has 4 aromatic rings. The minimum Gasteiger partial charge on any atom is -0.494 e. The quantitative estimate of drug-likeness (QED) is 0.319. The normalized spacial score (nSPS) is 11.3. The Morgan fingerprint density at radius 3 is 2.42 bits per heavy atom. The van der Waals surface area contributed by atoms with Crippen molar-refractivity contribution in [3.8, 4) is 17.1 Å². The molecule has 1 amide bonds. The Morgan fingerprint density at radius 1 is 1.00 bits per heavy atom. The van der Waals surface area contributed by atoms with Gasteiger partial charge in [0, 0.05) is 29.6 Å². The molecule has 9 nitrogen and oxygen atoms in total. The van der Waals surface area contributed by atoms with E-state index in [4.69, 9.17) is 4.74 Å². The average Bonchev–Trinajstić information content (AvgIpc) is 2.89. The van der Waals surface area contributed by atoms with E-state index >= 15 is 0 Å². The van der Waals surface area contributed by atoms with E-state index in [0.717, 1.165) is 9.87 Å². The molecule has 0 spiro atoms. The highest BCUT2D eigenvalue weighted by molar-refractivity contribution is 7.89. The van der Waals surface area contributed by atoms with Crippen molar-refractivity contribution in [3.05, 3.63) is 107 Å². The molecule has 0 atom stereocenters. The highest BCUT2D eigenvalue weighted by Crippen LogP contribution is 2.23. The Balaban J connectivity index is 1.57. The molecule has 3 aromatic carbocycles. The first-order chi connectivity index (χ1) is 18.2. The number of aromatic amines is 1. The highest BCUT2D eigenvalue weighted by Gasteiger charge is 2.27. The maximum Gasteiger partial charge on any atom is 0.251 e. The van der Waals surface area contributed by atoms with Gasteiger partial charge in [0.2, 0.25) is 15.9 Å². The van der Waals surface area contributed by atoms with Crippen LogP contribution < -0.4 is 15.6 Å². The van der Waals surface area contributed by atoms with Crippen molar-refractivity contribution in [1.82, 2.24) is 14.3 Å². The van der Waals surface area contributed by atoms with Crippen molar-refractivity contribution in [2.45, 2.75) is 25.3 Å². The van der Waals surface area contributed by atoms with Gasteiger partial charge < -0.3 is 15.0 Å². The molecule has 0 aliphatic heterocycles. The Labute approximate surface area is 221 Å². The first-order valence-corrected chi connectivity index (χ1v) is 13.4. The van der Waals surface area contributed by atoms with Crippen molar-refractivity contribution in [2.24, 2.45) is 0 Å². The van der Waals surface area contributed by atoms with Crippen LogP contribution in [0, 0.1) is 6.92 Å². The molecule has 0 aliphatic rings. The fraction of sp³-hybridized carbons (Fsp3) is 0.179. The van der Waals surface area contributed by atoms with Gasteiger partial charge >= 0.3 is 0 Å². The van der Waals surface area contributed by atoms with Crippen LogP contribution in [0.2, 0.25) is 0 Å². The summed E-state index contributed by atoms with van der Waals surface area (Å²) in [5, 5.41) is 2.76. The molecule has 1 heterocycles. The number of ether oxygens (including phenoxy) is 1. The molecule has 1 aromatic heterocycles. The van der Waals surface area contributed by atoms with Gasteiger partial charge in [-0.05, 0) is 55.8 Å². The second-order valence-corrected chi connectivity index (χ2v) is 10.5. The maximum atomic E-state index is 13.6. The van der Waals surface area contributed by atoms with Crippen LogP contribution in [0.4, 0.5) is 5.69 Å². The molecule has 10 heteroatoms. The predicted molar refractivity (Wildman–Crippen MR) is 145 cm³/mol. The Morgan fingerprint density at radius 2 is 1.74 bits per heavy atom. The zero-order valence-corrected chi connectivity index (χ0v) is 21.9. The number of aryl methyl sites for hydroxylation is 1. The molecule has 0 saturated heterocycles. The highest BCUT2D eigenvalue weighted by atomic mass is 32.2. The lowest BCUT2D eigenvalue weighted by Gasteiger charge is -2.22. The number of hydrogen-bond donors (Lipinski definition) is 2. The van der Waals surface area contributed by atoms with Crippen LogP contribution in [0.1, 0.15) is 18.2 Å². The number of carbonyl (C=O) groups excluding carboxylic acids is 1. The molecule has 0 radical (unpaired) electrons. The SMILES string of the molecule is CCOc1ccc(S(=O)(=O)N(CC(=O)Nc2cccc(-c3nc(C)cc(=O)[nH]3)c2)Cc2ccccc2)cc1. The number of nitrogens with one attached hydrogen (secondary N) is 2. The van der Waals surface area contributed by atoms with Gasteiger partial charge in [0.25, 0.3) is 5.56 Å². The number of rotatable bonds is 10. The monoisotopic (exact) mass is 532 g/mol. The largest absolute Gasteiger partial charge is 0.494 e. The molecule has 0 bridgehead atoms. The Kier molecular flexibility index (Phi) is 8.35. The van der Waals surface area contributed by atoms with Gasteiger partial charge in [0.05, 0.1) is 18.0 Å². The average molecular weight is 533 g/mol. The van der Waals surface area contributed by atoms with Crippen molar-refractivity contribution in [1.29, 1.82) is 0 Å². The number of anilines is 1. The molecule has 0 saturated carbocycles. The first-order valence-electron chi connectivity index (χ1n) is 12.0. The number of carbonyl (C=O) groups is 1. The third-order valence-corrected chi connectivity index (χ3v) is 7.39. The lowest BCUT2D eigenvalue weighted by atomic mass is 10.2. The van der Waals surface area contributed by atoms with Crippen molar-refractivity contribution < 1.29 is 17.9 Å². The predicted octanol–water partition coefficient (Wildman–Crippen LogP) is 3.97. The Hall–Kier alpha value is -4.28. The van der Waals surface area contributed by atoms with E-state index in [1.165, 1.54) is 18.2 Å². The maximum absolute atomic E-state index is 13.6. The number of benzene rings is 3. The van der Waals surface area contributed by atoms with Gasteiger partial charge in [-0.15, -0.1) is 0 Å². The topological polar surface area (TPSA) is 121 Å². The fourth-order valence-corrected chi connectivity index (χ4v) is 5.24. The number of H-pyrrole nitrogens is 1. The lowest BCUT2D eigenvalue weighted by Crippen LogP contribution is -2.37. The molecule has 196 valence electrons. The Bertz CT molecular complexity index is 1570. The minimum absolute atomic E-state index is 0.0122. The summed E-state index contributed by atoms with van der Waals surface area (Å²) in [6.45, 7) is 3.63. The first kappa shape index (κ1) is 26.8. The van der Waals surface area contributed by atoms with E-state index in [1.54, 1.807) is 55.5 Å². The van der Waals surface area contributed by atoms with Crippen molar-refractivity contribution >= 4 is 21.6 Å². The summed E-state index contributed by atoms with van der Waals surface area (Å²) < 4.78 is 33.7. The fourth-order valence-electron chi connectivity index (χ4n) is 3.86. The summed E-state index contributed by atoms with van der Waals surface area (Å²) in [7, 11) is -4.01. The summed E-state index contributed by atoms with van der Waals surface area (Å²) in [4.78, 5) is 32.0. The third-order valence-electron chi connectivity index (χ3n) is 5.58. The number of amides is 1. The molecule has 0 aliphatic carbocycles. The number of aromatic nitrogens is 2. The van der Waals surface area contributed by atoms with Gasteiger partial charge in [-0.1, -0.05) is 42.5 Å².